The zero-order valence-electron chi connectivity index (χ0n) is 37.2. The first-order valence-corrected chi connectivity index (χ1v) is 22.8. The highest BCUT2D eigenvalue weighted by molar-refractivity contribution is 5.99. The second kappa shape index (κ2) is 20.9. The molecule has 5 saturated heterocycles. The van der Waals surface area contributed by atoms with Gasteiger partial charge in [-0.25, -0.2) is 14.0 Å². The van der Waals surface area contributed by atoms with Gasteiger partial charge in [-0.3, -0.25) is 19.2 Å². The van der Waals surface area contributed by atoms with Crippen LogP contribution in [-0.2, 0) is 38.1 Å². The largest absolute Gasteiger partial charge is 0.453 e. The van der Waals surface area contributed by atoms with Gasteiger partial charge in [-0.2, -0.15) is 0 Å². The fourth-order valence-electron chi connectivity index (χ4n) is 10.2. The fraction of sp³-hybridized carbons (Fsp3) is 0.500. The summed E-state index contributed by atoms with van der Waals surface area (Å²) in [6.07, 6.45) is 3.60. The minimum atomic E-state index is -0.867. The summed E-state index contributed by atoms with van der Waals surface area (Å²) in [5, 5.41) is 11.3. The van der Waals surface area contributed by atoms with E-state index in [9.17, 15) is 33.2 Å². The molecule has 5 heterocycles. The zero-order chi connectivity index (χ0) is 46.3. The molecule has 0 aromatic heterocycles. The number of halogens is 1. The molecular weight excluding hydrogens is 854 g/mol. The highest BCUT2D eigenvalue weighted by atomic mass is 19.1. The van der Waals surface area contributed by atoms with Crippen LogP contribution < -0.4 is 26.2 Å². The van der Waals surface area contributed by atoms with Crippen LogP contribution in [0.3, 0.4) is 0 Å². The summed E-state index contributed by atoms with van der Waals surface area (Å²) in [5.41, 5.74) is 3.98. The van der Waals surface area contributed by atoms with E-state index in [4.69, 9.17) is 18.9 Å². The van der Waals surface area contributed by atoms with E-state index in [0.717, 1.165) is 29.7 Å². The van der Waals surface area contributed by atoms with Gasteiger partial charge in [0.15, 0.2) is 0 Å². The monoisotopic (exact) mass is 911 g/mol. The third-order valence-corrected chi connectivity index (χ3v) is 13.6. The number of anilines is 3. The number of hydrogen-bond donors (Lipinski definition) is 4. The molecule has 5 fully saturated rings. The van der Waals surface area contributed by atoms with Crippen molar-refractivity contribution in [1.29, 1.82) is 0 Å². The first kappa shape index (κ1) is 46.3. The number of nitrogens with zero attached hydrogens (tertiary/aromatic N) is 3. The molecule has 0 unspecified atom stereocenters. The number of nitrogens with one attached hydrogen (secondary N) is 4. The lowest BCUT2D eigenvalue weighted by atomic mass is 9.97. The fourth-order valence-corrected chi connectivity index (χ4v) is 10.2. The molecule has 4 N–H and O–H groups in total. The maximum atomic E-state index is 14.2. The van der Waals surface area contributed by atoms with Crippen molar-refractivity contribution in [3.63, 3.8) is 0 Å². The van der Waals surface area contributed by atoms with Gasteiger partial charge in [0.25, 0.3) is 0 Å². The number of rotatable bonds is 13. The normalized spacial score (nSPS) is 24.7. The summed E-state index contributed by atoms with van der Waals surface area (Å²) < 4.78 is 34.8. The van der Waals surface area contributed by atoms with Gasteiger partial charge in [0.2, 0.25) is 23.6 Å². The van der Waals surface area contributed by atoms with Crippen LogP contribution in [0.2, 0.25) is 0 Å². The average molecular weight is 912 g/mol. The number of alkyl carbamates (subject to hydrolysis) is 2. The molecule has 0 radical (unpaired) electrons. The van der Waals surface area contributed by atoms with Gasteiger partial charge in [-0.1, -0.05) is 24.3 Å². The van der Waals surface area contributed by atoms with Gasteiger partial charge < -0.3 is 54.9 Å². The highest BCUT2D eigenvalue weighted by Crippen LogP contribution is 2.47. The lowest BCUT2D eigenvalue weighted by Crippen LogP contribution is -2.55. The van der Waals surface area contributed by atoms with Crippen LogP contribution in [0.15, 0.2) is 72.8 Å². The Hall–Kier alpha value is -6.27. The number of carbonyl (C=O) groups is 6. The van der Waals surface area contributed by atoms with E-state index < -0.39 is 36.4 Å². The number of hydrogen-bond acceptors (Lipinski definition) is 11. The van der Waals surface area contributed by atoms with E-state index in [1.54, 1.807) is 21.9 Å². The smallest absolute Gasteiger partial charge is 0.407 e. The first-order valence-electron chi connectivity index (χ1n) is 22.8. The van der Waals surface area contributed by atoms with Gasteiger partial charge in [0, 0.05) is 55.2 Å². The molecular formula is C48H58FN7O10. The number of ether oxygens (including phenoxy) is 4. The predicted octanol–water partition coefficient (Wildman–Crippen LogP) is 5.29. The van der Waals surface area contributed by atoms with Crippen molar-refractivity contribution in [2.75, 3.05) is 69.3 Å². The highest BCUT2D eigenvalue weighted by Gasteiger charge is 2.44. The van der Waals surface area contributed by atoms with Gasteiger partial charge in [0.1, 0.15) is 30.0 Å². The van der Waals surface area contributed by atoms with Crippen molar-refractivity contribution < 1.29 is 52.1 Å². The SMILES string of the molecule is COC(=O)N[C@H](C(=O)N1CCC[C@H]1C(=O)Nc1ccc([C@@H]2CC[C@@H](c3ccc(NC(=O)[C@@H]4CCCN4C(=O)[C@@H](NC(=O)OC)[C@@H]4CCOC4)cc3)N2c2ccc(F)cc2)cc1)[C@@H]1CCOC1. The molecule has 8 atom stereocenters. The summed E-state index contributed by atoms with van der Waals surface area (Å²) in [7, 11) is 2.48. The van der Waals surface area contributed by atoms with E-state index >= 15 is 0 Å². The molecule has 66 heavy (non-hydrogen) atoms. The second-order valence-corrected chi connectivity index (χ2v) is 17.6. The van der Waals surface area contributed by atoms with Gasteiger partial charge in [-0.15, -0.1) is 0 Å². The van der Waals surface area contributed by atoms with Gasteiger partial charge in [0.05, 0.1) is 39.5 Å². The Morgan fingerprint density at radius 1 is 0.591 bits per heavy atom. The Kier molecular flexibility index (Phi) is 14.7. The number of methoxy groups -OCH3 is 2. The van der Waals surface area contributed by atoms with Crippen LogP contribution in [0.4, 0.5) is 31.0 Å². The minimum Gasteiger partial charge on any atom is -0.453 e. The second-order valence-electron chi connectivity index (χ2n) is 17.6. The Morgan fingerprint density at radius 3 is 1.39 bits per heavy atom. The third kappa shape index (κ3) is 10.2. The van der Waals surface area contributed by atoms with E-state index in [-0.39, 0.29) is 53.4 Å². The molecule has 0 spiro atoms. The van der Waals surface area contributed by atoms with E-state index in [0.29, 0.717) is 89.4 Å². The standard InChI is InChI=1S/C48H58FN7O10/c1-63-47(61)52-41(31-21-25-65-27-31)45(59)54-23-3-5-39(54)43(57)50-34-13-7-29(8-14-34)37-19-20-38(56(37)36-17-11-33(49)12-18-36)30-9-15-35(16-10-30)51-44(58)40-6-4-24-55(40)46(60)42(53-48(62)64-2)32-22-26-66-28-32/h7-18,31-32,37-42H,3-6,19-28H2,1-2H3,(H,50,57)(H,51,58)(H,52,61)(H,53,62)/t31-,32-,37+,38+,39+,40+,41+,42+/m1/s1. The van der Waals surface area contributed by atoms with Crippen LogP contribution in [-0.4, -0.2) is 124 Å². The van der Waals surface area contributed by atoms with Crippen molar-refractivity contribution in [2.45, 2.75) is 87.6 Å². The van der Waals surface area contributed by atoms with Gasteiger partial charge >= 0.3 is 12.2 Å². The quantitative estimate of drug-likeness (QED) is 0.174. The Labute approximate surface area is 383 Å². The van der Waals surface area contributed by atoms with Crippen LogP contribution >= 0.6 is 0 Å². The van der Waals surface area contributed by atoms with Crippen molar-refractivity contribution >= 4 is 52.9 Å². The molecule has 0 saturated carbocycles. The summed E-state index contributed by atoms with van der Waals surface area (Å²) in [6, 6.07) is 18.3. The Morgan fingerprint density at radius 2 is 1.02 bits per heavy atom. The van der Waals surface area contributed by atoms with Crippen molar-refractivity contribution in [1.82, 2.24) is 20.4 Å². The first-order chi connectivity index (χ1) is 32.0. The summed E-state index contributed by atoms with van der Waals surface area (Å²) in [6.45, 7) is 2.41. The third-order valence-electron chi connectivity index (χ3n) is 13.6. The number of amides is 6. The lowest BCUT2D eigenvalue weighted by Gasteiger charge is -2.33. The van der Waals surface area contributed by atoms with Crippen molar-refractivity contribution in [3.8, 4) is 0 Å². The Bertz CT molecular complexity index is 2090. The molecule has 0 aliphatic carbocycles. The van der Waals surface area contributed by atoms with Crippen LogP contribution in [0.5, 0.6) is 0 Å². The molecule has 3 aromatic rings. The topological polar surface area (TPSA) is 197 Å². The number of carbonyl (C=O) groups excluding carboxylic acids is 6. The summed E-state index contributed by atoms with van der Waals surface area (Å²) in [5.74, 6) is -2.09. The summed E-state index contributed by atoms with van der Waals surface area (Å²) in [4.78, 5) is 84.8. The molecule has 352 valence electrons. The van der Waals surface area contributed by atoms with Crippen molar-refractivity contribution in [3.05, 3.63) is 89.7 Å². The van der Waals surface area contributed by atoms with Crippen molar-refractivity contribution in [2.24, 2.45) is 11.8 Å². The van der Waals surface area contributed by atoms with E-state index in [1.165, 1.54) is 26.4 Å². The molecule has 5 aliphatic heterocycles. The Balaban J connectivity index is 0.929. The molecule has 18 heteroatoms. The lowest BCUT2D eigenvalue weighted by molar-refractivity contribution is -0.139. The molecule has 17 nitrogen and oxygen atoms in total. The molecule has 8 rings (SSSR count). The van der Waals surface area contributed by atoms with Crippen LogP contribution in [0, 0.1) is 17.7 Å². The number of benzene rings is 3. The molecule has 6 amide bonds. The maximum absolute atomic E-state index is 14.2. The summed E-state index contributed by atoms with van der Waals surface area (Å²) >= 11 is 0. The number of likely N-dealkylation sites (tertiary alicyclic amines) is 2. The van der Waals surface area contributed by atoms with E-state index in [1.807, 2.05) is 48.5 Å². The predicted molar refractivity (Wildman–Crippen MR) is 240 cm³/mol. The minimum absolute atomic E-state index is 0.0921. The van der Waals surface area contributed by atoms with Crippen LogP contribution in [0.1, 0.15) is 74.6 Å². The molecule has 3 aromatic carbocycles. The van der Waals surface area contributed by atoms with Crippen LogP contribution in [0.25, 0.3) is 0 Å². The average Bonchev–Trinajstić information content (AvgIpc) is 4.20. The van der Waals surface area contributed by atoms with Gasteiger partial charge in [-0.05, 0) is 111 Å². The molecule has 5 aliphatic rings. The van der Waals surface area contributed by atoms with E-state index in [2.05, 4.69) is 26.2 Å². The molecule has 0 bridgehead atoms. The zero-order valence-corrected chi connectivity index (χ0v) is 37.2. The maximum Gasteiger partial charge on any atom is 0.407 e.